The van der Waals surface area contributed by atoms with Crippen molar-refractivity contribution >= 4 is 29.2 Å². The van der Waals surface area contributed by atoms with Crippen molar-refractivity contribution in [3.8, 4) is 17.1 Å². The second kappa shape index (κ2) is 11.4. The fourth-order valence-electron chi connectivity index (χ4n) is 4.29. The van der Waals surface area contributed by atoms with Crippen molar-refractivity contribution in [3.63, 3.8) is 0 Å². The van der Waals surface area contributed by atoms with Gasteiger partial charge in [-0.2, -0.15) is 0 Å². The van der Waals surface area contributed by atoms with Crippen molar-refractivity contribution in [1.29, 1.82) is 0 Å². The van der Waals surface area contributed by atoms with Crippen LogP contribution in [0, 0.1) is 0 Å². The zero-order valence-electron chi connectivity index (χ0n) is 19.4. The smallest absolute Gasteiger partial charge is 0.251 e. The molecule has 2 aromatic carbocycles. The first-order valence-corrected chi connectivity index (χ1v) is 11.6. The Hall–Kier alpha value is -3.39. The minimum absolute atomic E-state index is 0. The van der Waals surface area contributed by atoms with E-state index in [2.05, 4.69) is 26.3 Å². The summed E-state index contributed by atoms with van der Waals surface area (Å²) in [5, 5.41) is 14.3. The number of nitrogens with one attached hydrogen (secondary N) is 2. The van der Waals surface area contributed by atoms with Gasteiger partial charge in [-0.05, 0) is 41.8 Å². The van der Waals surface area contributed by atoms with E-state index in [0.29, 0.717) is 23.4 Å². The standard InChI is InChI=1S/C27H28N4O3.ClH/c32-26(29-18-19-4-2-1-3-5-19)21-7-9-23-22(16-21)25(27(33)30-23)24-8-6-20(17-28-24)10-11-31-12-14-34-15-13-31;/h1-9,16-17,30,33H,10-15,18H2,(H,29,32);1H. The lowest BCUT2D eigenvalue weighted by molar-refractivity contribution is 0.0384. The Labute approximate surface area is 210 Å². The summed E-state index contributed by atoms with van der Waals surface area (Å²) >= 11 is 0. The van der Waals surface area contributed by atoms with E-state index in [1.165, 1.54) is 0 Å². The molecule has 0 bridgehead atoms. The van der Waals surface area contributed by atoms with E-state index in [1.54, 1.807) is 12.1 Å². The fraction of sp³-hybridized carbons (Fsp3) is 0.259. The number of carbonyl (C=O) groups excluding carboxylic acids is 1. The highest BCUT2D eigenvalue weighted by Crippen LogP contribution is 2.36. The van der Waals surface area contributed by atoms with Crippen LogP contribution < -0.4 is 5.32 Å². The Morgan fingerprint density at radius 2 is 1.86 bits per heavy atom. The molecule has 0 atom stereocenters. The summed E-state index contributed by atoms with van der Waals surface area (Å²) < 4.78 is 5.41. The normalized spacial score (nSPS) is 13.9. The molecule has 0 unspecified atom stereocenters. The third-order valence-electron chi connectivity index (χ3n) is 6.24. The SMILES string of the molecule is Cl.O=C(NCc1ccccc1)c1ccc2[nH]c(O)c(-c3ccc(CCN4CCOCC4)cn3)c2c1. The highest BCUT2D eigenvalue weighted by molar-refractivity contribution is 6.03. The van der Waals surface area contributed by atoms with Crippen molar-refractivity contribution in [2.75, 3.05) is 32.8 Å². The van der Waals surface area contributed by atoms with Crippen LogP contribution in [-0.4, -0.2) is 58.7 Å². The number of halogens is 1. The van der Waals surface area contributed by atoms with Gasteiger partial charge in [0.2, 0.25) is 0 Å². The predicted molar refractivity (Wildman–Crippen MR) is 139 cm³/mol. The van der Waals surface area contributed by atoms with Crippen LogP contribution in [0.15, 0.2) is 66.9 Å². The topological polar surface area (TPSA) is 90.5 Å². The number of aromatic hydroxyl groups is 1. The first-order valence-electron chi connectivity index (χ1n) is 11.6. The van der Waals surface area contributed by atoms with Crippen LogP contribution in [0.25, 0.3) is 22.2 Å². The van der Waals surface area contributed by atoms with Gasteiger partial charge in [-0.1, -0.05) is 36.4 Å². The average Bonchev–Trinajstić information content (AvgIpc) is 3.22. The molecule has 1 amide bonds. The highest BCUT2D eigenvalue weighted by Gasteiger charge is 2.17. The third kappa shape index (κ3) is 5.82. The van der Waals surface area contributed by atoms with Gasteiger partial charge < -0.3 is 20.1 Å². The number of rotatable bonds is 7. The molecule has 35 heavy (non-hydrogen) atoms. The molecule has 182 valence electrons. The molecule has 5 rings (SSSR count). The number of amides is 1. The van der Waals surface area contributed by atoms with Gasteiger partial charge in [0, 0.05) is 48.8 Å². The van der Waals surface area contributed by atoms with Gasteiger partial charge in [0.25, 0.3) is 5.91 Å². The first kappa shape index (κ1) is 24.7. The molecule has 1 aliphatic heterocycles. The van der Waals surface area contributed by atoms with Gasteiger partial charge >= 0.3 is 0 Å². The van der Waals surface area contributed by atoms with Gasteiger partial charge in [-0.15, -0.1) is 12.4 Å². The van der Waals surface area contributed by atoms with Gasteiger partial charge in [0.1, 0.15) is 0 Å². The third-order valence-corrected chi connectivity index (χ3v) is 6.24. The molecule has 0 saturated carbocycles. The number of hydrogen-bond donors (Lipinski definition) is 3. The lowest BCUT2D eigenvalue weighted by Crippen LogP contribution is -2.37. The van der Waals surface area contributed by atoms with Crippen molar-refractivity contribution in [3.05, 3.63) is 83.6 Å². The Kier molecular flexibility index (Phi) is 8.02. The maximum atomic E-state index is 12.8. The van der Waals surface area contributed by atoms with E-state index in [9.17, 15) is 9.90 Å². The number of hydrogen-bond acceptors (Lipinski definition) is 5. The van der Waals surface area contributed by atoms with Crippen LogP contribution in [0.4, 0.5) is 0 Å². The molecule has 8 heteroatoms. The summed E-state index contributed by atoms with van der Waals surface area (Å²) in [5.41, 5.74) is 4.75. The van der Waals surface area contributed by atoms with Crippen LogP contribution in [0.2, 0.25) is 0 Å². The van der Waals surface area contributed by atoms with Crippen molar-refractivity contribution in [2.24, 2.45) is 0 Å². The Morgan fingerprint density at radius 1 is 1.06 bits per heavy atom. The zero-order chi connectivity index (χ0) is 23.3. The van der Waals surface area contributed by atoms with E-state index < -0.39 is 0 Å². The molecule has 4 aromatic rings. The number of ether oxygens (including phenoxy) is 1. The molecular weight excluding hydrogens is 464 g/mol. The number of H-pyrrole nitrogens is 1. The number of aromatic amines is 1. The molecule has 7 nitrogen and oxygen atoms in total. The second-order valence-electron chi connectivity index (χ2n) is 8.53. The largest absolute Gasteiger partial charge is 0.494 e. The molecule has 2 aromatic heterocycles. The maximum Gasteiger partial charge on any atom is 0.251 e. The van der Waals surface area contributed by atoms with Crippen LogP contribution in [0.3, 0.4) is 0 Å². The molecule has 0 spiro atoms. The van der Waals surface area contributed by atoms with Gasteiger partial charge in [0.05, 0.1) is 24.5 Å². The van der Waals surface area contributed by atoms with Crippen LogP contribution >= 0.6 is 12.4 Å². The number of aromatic nitrogens is 2. The van der Waals surface area contributed by atoms with E-state index in [0.717, 1.165) is 61.3 Å². The quantitative estimate of drug-likeness (QED) is 0.360. The lowest BCUT2D eigenvalue weighted by atomic mass is 10.0. The van der Waals surface area contributed by atoms with Crippen molar-refractivity contribution in [1.82, 2.24) is 20.2 Å². The first-order chi connectivity index (χ1) is 16.7. The van der Waals surface area contributed by atoms with Gasteiger partial charge in [-0.25, -0.2) is 0 Å². The molecule has 1 aliphatic rings. The van der Waals surface area contributed by atoms with E-state index in [-0.39, 0.29) is 24.2 Å². The number of nitrogens with zero attached hydrogens (tertiary/aromatic N) is 2. The average molecular weight is 493 g/mol. The van der Waals surface area contributed by atoms with Crippen LogP contribution in [0.1, 0.15) is 21.5 Å². The lowest BCUT2D eigenvalue weighted by Gasteiger charge is -2.26. The summed E-state index contributed by atoms with van der Waals surface area (Å²) in [4.78, 5) is 22.8. The van der Waals surface area contributed by atoms with Gasteiger partial charge in [-0.3, -0.25) is 14.7 Å². The Bertz CT molecular complexity index is 1270. The summed E-state index contributed by atoms with van der Waals surface area (Å²) in [5.74, 6) is -0.116. The van der Waals surface area contributed by atoms with Crippen molar-refractivity contribution in [2.45, 2.75) is 13.0 Å². The molecular formula is C27H29ClN4O3. The highest BCUT2D eigenvalue weighted by atomic mass is 35.5. The molecule has 3 N–H and O–H groups in total. The number of pyridine rings is 1. The molecule has 1 fully saturated rings. The summed E-state index contributed by atoms with van der Waals surface area (Å²) in [7, 11) is 0. The van der Waals surface area contributed by atoms with E-state index in [1.807, 2.05) is 48.7 Å². The molecule has 3 heterocycles. The van der Waals surface area contributed by atoms with Gasteiger partial charge in [0.15, 0.2) is 5.88 Å². The predicted octanol–water partition coefficient (Wildman–Crippen LogP) is 4.16. The fourth-order valence-corrected chi connectivity index (χ4v) is 4.29. The summed E-state index contributed by atoms with van der Waals surface area (Å²) in [6, 6.07) is 19.1. The van der Waals surface area contributed by atoms with Crippen LogP contribution in [0.5, 0.6) is 5.88 Å². The zero-order valence-corrected chi connectivity index (χ0v) is 20.2. The summed E-state index contributed by atoms with van der Waals surface area (Å²) in [6.45, 7) is 4.96. The minimum Gasteiger partial charge on any atom is -0.494 e. The van der Waals surface area contributed by atoms with E-state index in [4.69, 9.17) is 4.74 Å². The minimum atomic E-state index is -0.163. The summed E-state index contributed by atoms with van der Waals surface area (Å²) in [6.07, 6.45) is 2.78. The Morgan fingerprint density at radius 3 is 2.60 bits per heavy atom. The second-order valence-corrected chi connectivity index (χ2v) is 8.53. The Balaban J connectivity index is 0.00000289. The van der Waals surface area contributed by atoms with E-state index >= 15 is 0 Å². The van der Waals surface area contributed by atoms with Crippen molar-refractivity contribution < 1.29 is 14.6 Å². The number of benzene rings is 2. The number of carbonyl (C=O) groups is 1. The molecule has 0 radical (unpaired) electrons. The number of fused-ring (bicyclic) bond motifs is 1. The number of morpholine rings is 1. The molecule has 1 saturated heterocycles. The van der Waals surface area contributed by atoms with Crippen LogP contribution in [-0.2, 0) is 17.7 Å². The maximum absolute atomic E-state index is 12.8. The monoisotopic (exact) mass is 492 g/mol. The molecule has 0 aliphatic carbocycles.